The number of anilines is 2. The number of urea groups is 1. The van der Waals surface area contributed by atoms with Crippen LogP contribution in [0.25, 0.3) is 0 Å². The summed E-state index contributed by atoms with van der Waals surface area (Å²) < 4.78 is 5.16. The third-order valence-corrected chi connectivity index (χ3v) is 4.16. The Morgan fingerprint density at radius 2 is 1.55 bits per heavy atom. The summed E-state index contributed by atoms with van der Waals surface area (Å²) in [5, 5.41) is 8.03. The Morgan fingerprint density at radius 3 is 2.24 bits per heavy atom. The molecule has 0 spiro atoms. The molecule has 1 atom stereocenters. The number of rotatable bonds is 8. The van der Waals surface area contributed by atoms with Crippen molar-refractivity contribution in [1.82, 2.24) is 5.32 Å². The first-order chi connectivity index (χ1) is 13.9. The van der Waals surface area contributed by atoms with Gasteiger partial charge in [-0.05, 0) is 36.6 Å². The van der Waals surface area contributed by atoms with Crippen molar-refractivity contribution in [3.8, 4) is 0 Å². The number of esters is 1. The second kappa shape index (κ2) is 10.8. The molecule has 0 aromatic heterocycles. The molecule has 7 nitrogen and oxygen atoms in total. The monoisotopic (exact) mass is 397 g/mol. The lowest BCUT2D eigenvalue weighted by Gasteiger charge is -2.17. The number of para-hydroxylation sites is 2. The number of benzene rings is 2. The van der Waals surface area contributed by atoms with Gasteiger partial charge in [-0.2, -0.15) is 0 Å². The van der Waals surface area contributed by atoms with Crippen molar-refractivity contribution in [1.29, 1.82) is 0 Å². The number of nitrogens with one attached hydrogen (secondary N) is 3. The van der Waals surface area contributed by atoms with Crippen LogP contribution in [0.1, 0.15) is 38.7 Å². The molecule has 3 amide bonds. The standard InChI is InChI=1S/C22H27N3O4/c1-15(2)18-11-7-8-12-19(18)25-21(27)16(3)29-20(26)13-14-23-22(28)24-17-9-5-4-6-10-17/h4-12,15-16H,13-14H2,1-3H3,(H,25,27)(H2,23,24,28)/t16-/m1/s1. The van der Waals surface area contributed by atoms with Crippen molar-refractivity contribution in [2.45, 2.75) is 39.2 Å². The van der Waals surface area contributed by atoms with E-state index in [1.807, 2.05) is 44.2 Å². The molecule has 2 rings (SSSR count). The first-order valence-electron chi connectivity index (χ1n) is 9.56. The van der Waals surface area contributed by atoms with Crippen LogP contribution in [0.2, 0.25) is 0 Å². The van der Waals surface area contributed by atoms with Gasteiger partial charge in [0.25, 0.3) is 5.91 Å². The third-order valence-electron chi connectivity index (χ3n) is 4.16. The van der Waals surface area contributed by atoms with Crippen molar-refractivity contribution in [3.05, 3.63) is 60.2 Å². The van der Waals surface area contributed by atoms with Gasteiger partial charge in [0, 0.05) is 17.9 Å². The fraction of sp³-hybridized carbons (Fsp3) is 0.318. The summed E-state index contributed by atoms with van der Waals surface area (Å²) in [6.07, 6.45) is -0.983. The SMILES string of the molecule is CC(C)c1ccccc1NC(=O)[C@@H](C)OC(=O)CCNC(=O)Nc1ccccc1. The summed E-state index contributed by atoms with van der Waals surface area (Å²) in [7, 11) is 0. The lowest BCUT2D eigenvalue weighted by molar-refractivity contribution is -0.153. The van der Waals surface area contributed by atoms with E-state index in [-0.39, 0.29) is 18.9 Å². The molecule has 0 unspecified atom stereocenters. The molecule has 2 aromatic carbocycles. The maximum absolute atomic E-state index is 12.3. The summed E-state index contributed by atoms with van der Waals surface area (Å²) in [6, 6.07) is 16.1. The smallest absolute Gasteiger partial charge is 0.319 e. The highest BCUT2D eigenvalue weighted by atomic mass is 16.5. The molecule has 29 heavy (non-hydrogen) atoms. The maximum Gasteiger partial charge on any atom is 0.319 e. The van der Waals surface area contributed by atoms with Gasteiger partial charge < -0.3 is 20.7 Å². The fourth-order valence-corrected chi connectivity index (χ4v) is 2.63. The second-order valence-electron chi connectivity index (χ2n) is 6.86. The van der Waals surface area contributed by atoms with Gasteiger partial charge >= 0.3 is 12.0 Å². The van der Waals surface area contributed by atoms with Crippen LogP contribution < -0.4 is 16.0 Å². The number of hydrogen-bond donors (Lipinski definition) is 3. The van der Waals surface area contributed by atoms with E-state index in [0.29, 0.717) is 11.4 Å². The molecule has 7 heteroatoms. The molecule has 0 aliphatic rings. The van der Waals surface area contributed by atoms with Crippen LogP contribution >= 0.6 is 0 Å². The second-order valence-corrected chi connectivity index (χ2v) is 6.86. The summed E-state index contributed by atoms with van der Waals surface area (Å²) >= 11 is 0. The third kappa shape index (κ3) is 7.29. The van der Waals surface area contributed by atoms with Crippen LogP contribution in [-0.2, 0) is 14.3 Å². The van der Waals surface area contributed by atoms with Crippen molar-refractivity contribution in [2.75, 3.05) is 17.2 Å². The van der Waals surface area contributed by atoms with E-state index in [9.17, 15) is 14.4 Å². The highest BCUT2D eigenvalue weighted by Crippen LogP contribution is 2.23. The van der Waals surface area contributed by atoms with E-state index < -0.39 is 24.0 Å². The van der Waals surface area contributed by atoms with Gasteiger partial charge in [0.2, 0.25) is 0 Å². The molecule has 0 heterocycles. The van der Waals surface area contributed by atoms with Crippen LogP contribution in [0.3, 0.4) is 0 Å². The number of carbonyl (C=O) groups is 3. The fourth-order valence-electron chi connectivity index (χ4n) is 2.63. The van der Waals surface area contributed by atoms with Crippen LogP contribution in [-0.4, -0.2) is 30.6 Å². The molecule has 154 valence electrons. The zero-order valence-electron chi connectivity index (χ0n) is 16.9. The van der Waals surface area contributed by atoms with E-state index in [0.717, 1.165) is 5.56 Å². The van der Waals surface area contributed by atoms with Gasteiger partial charge in [0.1, 0.15) is 0 Å². The Bertz CT molecular complexity index is 837. The van der Waals surface area contributed by atoms with Gasteiger partial charge in [0.15, 0.2) is 6.10 Å². The molecule has 0 saturated heterocycles. The van der Waals surface area contributed by atoms with Gasteiger partial charge in [-0.25, -0.2) is 4.79 Å². The minimum atomic E-state index is -0.944. The molecule has 3 N–H and O–H groups in total. The largest absolute Gasteiger partial charge is 0.452 e. The van der Waals surface area contributed by atoms with Crippen LogP contribution in [0.4, 0.5) is 16.2 Å². The van der Waals surface area contributed by atoms with Crippen LogP contribution in [0.5, 0.6) is 0 Å². The number of carbonyl (C=O) groups excluding carboxylic acids is 3. The van der Waals surface area contributed by atoms with Gasteiger partial charge in [-0.1, -0.05) is 50.2 Å². The van der Waals surface area contributed by atoms with Crippen LogP contribution in [0.15, 0.2) is 54.6 Å². The minimum Gasteiger partial charge on any atom is -0.452 e. The Kier molecular flexibility index (Phi) is 8.21. The first-order valence-corrected chi connectivity index (χ1v) is 9.56. The summed E-state index contributed by atoms with van der Waals surface area (Å²) in [6.45, 7) is 5.69. The molecule has 2 aromatic rings. The molecular formula is C22H27N3O4. The molecule has 0 aliphatic carbocycles. The summed E-state index contributed by atoms with van der Waals surface area (Å²) in [5.74, 6) is -0.719. The quantitative estimate of drug-likeness (QED) is 0.589. The topological polar surface area (TPSA) is 96.5 Å². The lowest BCUT2D eigenvalue weighted by Crippen LogP contribution is -2.33. The van der Waals surface area contributed by atoms with Crippen molar-refractivity contribution >= 4 is 29.3 Å². The Hall–Kier alpha value is -3.35. The minimum absolute atomic E-state index is 0.0393. The van der Waals surface area contributed by atoms with Crippen molar-refractivity contribution in [3.63, 3.8) is 0 Å². The lowest BCUT2D eigenvalue weighted by atomic mass is 10.0. The van der Waals surface area contributed by atoms with Crippen molar-refractivity contribution in [2.24, 2.45) is 0 Å². The molecule has 0 aliphatic heterocycles. The predicted molar refractivity (Wildman–Crippen MR) is 113 cm³/mol. The average molecular weight is 397 g/mol. The highest BCUT2D eigenvalue weighted by molar-refractivity contribution is 5.95. The van der Waals surface area contributed by atoms with E-state index in [1.165, 1.54) is 6.92 Å². The van der Waals surface area contributed by atoms with E-state index >= 15 is 0 Å². The predicted octanol–water partition coefficient (Wildman–Crippen LogP) is 3.89. The average Bonchev–Trinajstić information content (AvgIpc) is 2.68. The summed E-state index contributed by atoms with van der Waals surface area (Å²) in [5.41, 5.74) is 2.36. The zero-order valence-corrected chi connectivity index (χ0v) is 16.9. The van der Waals surface area contributed by atoms with Gasteiger partial charge in [-0.3, -0.25) is 9.59 Å². The zero-order chi connectivity index (χ0) is 21.2. The van der Waals surface area contributed by atoms with Crippen molar-refractivity contribution < 1.29 is 19.1 Å². The molecule has 0 saturated carbocycles. The van der Waals surface area contributed by atoms with E-state index in [1.54, 1.807) is 24.3 Å². The Balaban J connectivity index is 1.74. The highest BCUT2D eigenvalue weighted by Gasteiger charge is 2.19. The number of hydrogen-bond acceptors (Lipinski definition) is 4. The Labute approximate surface area is 170 Å². The molecule has 0 bridgehead atoms. The van der Waals surface area contributed by atoms with E-state index in [2.05, 4.69) is 16.0 Å². The molecular weight excluding hydrogens is 370 g/mol. The van der Waals surface area contributed by atoms with Crippen LogP contribution in [0, 0.1) is 0 Å². The van der Waals surface area contributed by atoms with Gasteiger partial charge in [-0.15, -0.1) is 0 Å². The number of ether oxygens (including phenoxy) is 1. The number of amides is 3. The molecule has 0 radical (unpaired) electrons. The normalized spacial score (nSPS) is 11.4. The van der Waals surface area contributed by atoms with Gasteiger partial charge in [0.05, 0.1) is 6.42 Å². The maximum atomic E-state index is 12.3. The van der Waals surface area contributed by atoms with E-state index in [4.69, 9.17) is 4.74 Å². The molecule has 0 fully saturated rings. The Morgan fingerprint density at radius 1 is 0.897 bits per heavy atom. The first kappa shape index (κ1) is 21.9. The summed E-state index contributed by atoms with van der Waals surface area (Å²) in [4.78, 5) is 36.1.